The highest BCUT2D eigenvalue weighted by atomic mass is 32.2. The standard InChI is InChI=1S/C24H27N5O3S/c25-16-22(24(26)20-8-9-28-23(15-20)29-10-12-32-13-11-29)18-6-4-17(5-7-18)19-2-1-3-21(14-19)33(27,30)31/h1-9,14-16,23,25,28H,10-13,26H2,(H2,27,30,31)/b24-22+,25-16?. The zero-order valence-corrected chi connectivity index (χ0v) is 18.9. The van der Waals surface area contributed by atoms with E-state index in [-0.39, 0.29) is 11.1 Å². The molecule has 0 amide bonds. The van der Waals surface area contributed by atoms with Crippen molar-refractivity contribution in [3.05, 3.63) is 83.7 Å². The molecule has 1 unspecified atom stereocenters. The van der Waals surface area contributed by atoms with Gasteiger partial charge in [-0.2, -0.15) is 0 Å². The third-order valence-electron chi connectivity index (χ3n) is 5.74. The lowest BCUT2D eigenvalue weighted by Crippen LogP contribution is -2.49. The molecule has 0 aromatic heterocycles. The number of hydrogen-bond acceptors (Lipinski definition) is 7. The van der Waals surface area contributed by atoms with Crippen LogP contribution in [0.5, 0.6) is 0 Å². The first-order chi connectivity index (χ1) is 15.9. The second-order valence-electron chi connectivity index (χ2n) is 7.84. The topological polar surface area (TPSA) is 135 Å². The number of nitrogens with one attached hydrogen (secondary N) is 2. The Balaban J connectivity index is 1.61. The summed E-state index contributed by atoms with van der Waals surface area (Å²) < 4.78 is 28.7. The zero-order chi connectivity index (χ0) is 23.4. The van der Waals surface area contributed by atoms with Gasteiger partial charge in [0.15, 0.2) is 0 Å². The molecule has 6 N–H and O–H groups in total. The van der Waals surface area contributed by atoms with Crippen LogP contribution in [-0.4, -0.2) is 52.0 Å². The molecule has 2 aliphatic rings. The first kappa shape index (κ1) is 22.9. The van der Waals surface area contributed by atoms with Crippen molar-refractivity contribution in [1.82, 2.24) is 10.2 Å². The van der Waals surface area contributed by atoms with E-state index in [9.17, 15) is 8.42 Å². The number of hydrogen-bond donors (Lipinski definition) is 4. The Morgan fingerprint density at radius 3 is 2.52 bits per heavy atom. The number of morpholine rings is 1. The van der Waals surface area contributed by atoms with Crippen LogP contribution in [0.3, 0.4) is 0 Å². The Kier molecular flexibility index (Phi) is 6.75. The number of dihydropyridines is 1. The van der Waals surface area contributed by atoms with Gasteiger partial charge in [0, 0.05) is 30.6 Å². The number of primary sulfonamides is 1. The highest BCUT2D eigenvalue weighted by Gasteiger charge is 2.21. The zero-order valence-electron chi connectivity index (χ0n) is 18.1. The summed E-state index contributed by atoms with van der Waals surface area (Å²) in [5.41, 5.74) is 10.8. The van der Waals surface area contributed by atoms with Crippen LogP contribution < -0.4 is 16.2 Å². The van der Waals surface area contributed by atoms with E-state index in [1.807, 2.05) is 42.6 Å². The molecule has 172 valence electrons. The Morgan fingerprint density at radius 2 is 1.85 bits per heavy atom. The van der Waals surface area contributed by atoms with E-state index in [1.165, 1.54) is 12.3 Å². The van der Waals surface area contributed by atoms with Gasteiger partial charge in [-0.05, 0) is 52.7 Å². The maximum Gasteiger partial charge on any atom is 0.238 e. The van der Waals surface area contributed by atoms with E-state index in [2.05, 4.69) is 16.3 Å². The van der Waals surface area contributed by atoms with Crippen LogP contribution in [0, 0.1) is 5.41 Å². The van der Waals surface area contributed by atoms with Crippen LogP contribution in [0.2, 0.25) is 0 Å². The maximum absolute atomic E-state index is 11.7. The molecule has 2 aliphatic heterocycles. The third-order valence-corrected chi connectivity index (χ3v) is 6.65. The fraction of sp³-hybridized carbons (Fsp3) is 0.208. The van der Waals surface area contributed by atoms with Crippen molar-refractivity contribution >= 4 is 21.8 Å². The lowest BCUT2D eigenvalue weighted by atomic mass is 9.96. The van der Waals surface area contributed by atoms with Crippen molar-refractivity contribution in [2.45, 2.75) is 11.1 Å². The monoisotopic (exact) mass is 465 g/mol. The molecular weight excluding hydrogens is 438 g/mol. The van der Waals surface area contributed by atoms with E-state index >= 15 is 0 Å². The van der Waals surface area contributed by atoms with Gasteiger partial charge in [0.2, 0.25) is 10.0 Å². The van der Waals surface area contributed by atoms with E-state index in [0.717, 1.165) is 35.4 Å². The summed E-state index contributed by atoms with van der Waals surface area (Å²) in [5, 5.41) is 16.6. The minimum atomic E-state index is -3.78. The molecule has 8 nitrogen and oxygen atoms in total. The molecule has 1 saturated heterocycles. The van der Waals surface area contributed by atoms with Crippen molar-refractivity contribution in [2.24, 2.45) is 10.9 Å². The SMILES string of the molecule is N=C/C(=C(\N)C1=CC(N2CCOCC2)NC=C1)c1ccc(-c2cccc(S(N)(=O)=O)c2)cc1. The minimum absolute atomic E-state index is 0.0212. The van der Waals surface area contributed by atoms with Gasteiger partial charge in [0.25, 0.3) is 0 Å². The summed E-state index contributed by atoms with van der Waals surface area (Å²) in [5.74, 6) is 0. The third kappa shape index (κ3) is 5.23. The lowest BCUT2D eigenvalue weighted by molar-refractivity contribution is 0.0216. The smallest absolute Gasteiger partial charge is 0.238 e. The Hall–Kier alpha value is -3.24. The number of ether oxygens (including phenoxy) is 1. The van der Waals surface area contributed by atoms with Crippen LogP contribution in [0.25, 0.3) is 16.7 Å². The van der Waals surface area contributed by atoms with Crippen LogP contribution in [0.4, 0.5) is 0 Å². The molecule has 9 heteroatoms. The lowest BCUT2D eigenvalue weighted by Gasteiger charge is -2.34. The van der Waals surface area contributed by atoms with Gasteiger partial charge in [-0.1, -0.05) is 36.4 Å². The Bertz CT molecular complexity index is 1230. The van der Waals surface area contributed by atoms with Crippen molar-refractivity contribution in [1.29, 1.82) is 5.41 Å². The molecule has 2 heterocycles. The predicted molar refractivity (Wildman–Crippen MR) is 130 cm³/mol. The molecule has 1 atom stereocenters. The van der Waals surface area contributed by atoms with Crippen LogP contribution >= 0.6 is 0 Å². The summed E-state index contributed by atoms with van der Waals surface area (Å²) in [7, 11) is -3.78. The molecule has 0 saturated carbocycles. The molecule has 0 aliphatic carbocycles. The van der Waals surface area contributed by atoms with Crippen molar-refractivity contribution < 1.29 is 13.2 Å². The summed E-state index contributed by atoms with van der Waals surface area (Å²) in [6.45, 7) is 3.08. The molecule has 33 heavy (non-hydrogen) atoms. The minimum Gasteiger partial charge on any atom is -0.398 e. The van der Waals surface area contributed by atoms with E-state index in [1.54, 1.807) is 12.1 Å². The molecule has 0 bridgehead atoms. The summed E-state index contributed by atoms with van der Waals surface area (Å²) in [6, 6.07) is 14.0. The summed E-state index contributed by atoms with van der Waals surface area (Å²) in [6.07, 6.45) is 7.13. The van der Waals surface area contributed by atoms with Crippen molar-refractivity contribution in [3.63, 3.8) is 0 Å². The molecule has 4 rings (SSSR count). The first-order valence-electron chi connectivity index (χ1n) is 10.6. The van der Waals surface area contributed by atoms with Crippen LogP contribution in [0.1, 0.15) is 5.56 Å². The fourth-order valence-electron chi connectivity index (χ4n) is 3.92. The van der Waals surface area contributed by atoms with E-state index < -0.39 is 10.0 Å². The quantitative estimate of drug-likeness (QED) is 0.482. The maximum atomic E-state index is 11.7. The van der Waals surface area contributed by atoms with Crippen LogP contribution in [-0.2, 0) is 14.8 Å². The van der Waals surface area contributed by atoms with E-state index in [4.69, 9.17) is 21.0 Å². The number of sulfonamides is 1. The van der Waals surface area contributed by atoms with Gasteiger partial charge < -0.3 is 21.2 Å². The fourth-order valence-corrected chi connectivity index (χ4v) is 4.48. The number of allylic oxidation sites excluding steroid dienone is 2. The first-order valence-corrected chi connectivity index (χ1v) is 12.1. The normalized spacial score (nSPS) is 19.9. The molecular formula is C24H27N5O3S. The Labute approximate surface area is 193 Å². The van der Waals surface area contributed by atoms with Crippen LogP contribution in [0.15, 0.2) is 83.0 Å². The van der Waals surface area contributed by atoms with E-state index in [0.29, 0.717) is 24.5 Å². The molecule has 2 aromatic rings. The molecule has 0 radical (unpaired) electrons. The van der Waals surface area contributed by atoms with Gasteiger partial charge in [0.1, 0.15) is 0 Å². The average Bonchev–Trinajstić information content (AvgIpc) is 2.85. The number of benzene rings is 2. The molecule has 0 spiro atoms. The second-order valence-corrected chi connectivity index (χ2v) is 9.40. The summed E-state index contributed by atoms with van der Waals surface area (Å²) >= 11 is 0. The van der Waals surface area contributed by atoms with Gasteiger partial charge in [-0.15, -0.1) is 0 Å². The average molecular weight is 466 g/mol. The number of rotatable bonds is 6. The predicted octanol–water partition coefficient (Wildman–Crippen LogP) is 2.02. The van der Waals surface area contributed by atoms with Gasteiger partial charge >= 0.3 is 0 Å². The molecule has 2 aromatic carbocycles. The van der Waals surface area contributed by atoms with Gasteiger partial charge in [-0.25, -0.2) is 13.6 Å². The Morgan fingerprint density at radius 1 is 1.12 bits per heavy atom. The van der Waals surface area contributed by atoms with Gasteiger partial charge in [0.05, 0.1) is 24.3 Å². The molecule has 1 fully saturated rings. The highest BCUT2D eigenvalue weighted by molar-refractivity contribution is 7.89. The second kappa shape index (κ2) is 9.72. The summed E-state index contributed by atoms with van der Waals surface area (Å²) in [4.78, 5) is 2.35. The van der Waals surface area contributed by atoms with Gasteiger partial charge in [-0.3, -0.25) is 4.90 Å². The number of nitrogens with two attached hydrogens (primary N) is 2. The number of nitrogens with zero attached hydrogens (tertiary/aromatic N) is 1. The van der Waals surface area contributed by atoms with Crippen molar-refractivity contribution in [2.75, 3.05) is 26.3 Å². The van der Waals surface area contributed by atoms with Crippen molar-refractivity contribution in [3.8, 4) is 11.1 Å². The largest absolute Gasteiger partial charge is 0.398 e. The highest BCUT2D eigenvalue weighted by Crippen LogP contribution is 2.26.